The van der Waals surface area contributed by atoms with Gasteiger partial charge in [0, 0.05) is 25.7 Å². The van der Waals surface area contributed by atoms with E-state index in [4.69, 9.17) is 5.73 Å². The van der Waals surface area contributed by atoms with Crippen molar-refractivity contribution < 1.29 is 4.79 Å². The fourth-order valence-electron chi connectivity index (χ4n) is 4.11. The number of hydrogen-bond donors (Lipinski definition) is 2. The lowest BCUT2D eigenvalue weighted by atomic mass is 9.64. The topological polar surface area (TPSA) is 72.9 Å². The van der Waals surface area contributed by atoms with Crippen molar-refractivity contribution in [1.82, 2.24) is 14.9 Å². The Balaban J connectivity index is 1.48. The van der Waals surface area contributed by atoms with Gasteiger partial charge in [0.2, 0.25) is 5.91 Å². The van der Waals surface area contributed by atoms with Crippen LogP contribution >= 0.6 is 0 Å². The molecule has 1 amide bonds. The molecule has 1 atom stereocenters. The van der Waals surface area contributed by atoms with Gasteiger partial charge in [0.05, 0.1) is 18.1 Å². The first kappa shape index (κ1) is 19.6. The van der Waals surface area contributed by atoms with E-state index in [0.29, 0.717) is 17.8 Å². The van der Waals surface area contributed by atoms with E-state index in [0.717, 1.165) is 18.8 Å². The zero-order valence-electron chi connectivity index (χ0n) is 16.5. The van der Waals surface area contributed by atoms with Gasteiger partial charge in [-0.3, -0.25) is 4.79 Å². The summed E-state index contributed by atoms with van der Waals surface area (Å²) in [5, 5.41) is 3.10. The molecule has 5 heteroatoms. The molecule has 0 bridgehead atoms. The minimum atomic E-state index is -0.554. The molecular formula is C22H32N4O. The third-order valence-corrected chi connectivity index (χ3v) is 5.55. The molecule has 0 saturated heterocycles. The van der Waals surface area contributed by atoms with Gasteiger partial charge in [0.1, 0.15) is 0 Å². The average molecular weight is 369 g/mol. The zero-order chi connectivity index (χ0) is 19.3. The van der Waals surface area contributed by atoms with Crippen LogP contribution in [0.5, 0.6) is 0 Å². The van der Waals surface area contributed by atoms with Crippen LogP contribution < -0.4 is 11.1 Å². The highest BCUT2D eigenvalue weighted by Crippen LogP contribution is 2.45. The van der Waals surface area contributed by atoms with Gasteiger partial charge in [-0.2, -0.15) is 0 Å². The smallest absolute Gasteiger partial charge is 0.237 e. The molecule has 3 rings (SSSR count). The Hall–Kier alpha value is -2.14. The number of carbonyl (C=O) groups is 1. The van der Waals surface area contributed by atoms with Gasteiger partial charge in [-0.15, -0.1) is 0 Å². The van der Waals surface area contributed by atoms with E-state index in [1.807, 2.05) is 29.0 Å². The predicted molar refractivity (Wildman–Crippen MR) is 108 cm³/mol. The third-order valence-electron chi connectivity index (χ3n) is 5.55. The lowest BCUT2D eigenvalue weighted by Crippen LogP contribution is -2.48. The Morgan fingerprint density at radius 3 is 2.67 bits per heavy atom. The number of carbonyl (C=O) groups excluding carboxylic acids is 1. The number of nitrogens with one attached hydrogen (secondary N) is 1. The maximum absolute atomic E-state index is 12.4. The number of aromatic nitrogens is 2. The molecule has 1 aliphatic carbocycles. The maximum atomic E-state index is 12.4. The first-order valence-electron chi connectivity index (χ1n) is 10.0. The van der Waals surface area contributed by atoms with Crippen molar-refractivity contribution in [2.45, 2.75) is 58.5 Å². The summed E-state index contributed by atoms with van der Waals surface area (Å²) in [5.41, 5.74) is 8.51. The van der Waals surface area contributed by atoms with Crippen LogP contribution in [0.1, 0.15) is 50.8 Å². The molecule has 1 saturated carbocycles. The number of imidazole rings is 1. The summed E-state index contributed by atoms with van der Waals surface area (Å²) >= 11 is 0. The van der Waals surface area contributed by atoms with Gasteiger partial charge in [-0.05, 0) is 36.2 Å². The first-order chi connectivity index (χ1) is 13.0. The van der Waals surface area contributed by atoms with E-state index < -0.39 is 6.04 Å². The van der Waals surface area contributed by atoms with E-state index in [2.05, 4.69) is 36.3 Å². The van der Waals surface area contributed by atoms with E-state index in [1.165, 1.54) is 31.2 Å². The molecule has 1 fully saturated rings. The van der Waals surface area contributed by atoms with Gasteiger partial charge in [0.25, 0.3) is 0 Å². The van der Waals surface area contributed by atoms with Crippen LogP contribution in [0.2, 0.25) is 0 Å². The van der Waals surface area contributed by atoms with Crippen LogP contribution in [-0.2, 0) is 17.8 Å². The Bertz CT molecular complexity index is 734. The van der Waals surface area contributed by atoms with Crippen LogP contribution in [0.25, 0.3) is 0 Å². The summed E-state index contributed by atoms with van der Waals surface area (Å²) in [4.78, 5) is 16.9. The Morgan fingerprint density at radius 1 is 1.30 bits per heavy atom. The van der Waals surface area contributed by atoms with Crippen molar-refractivity contribution in [3.63, 3.8) is 0 Å². The van der Waals surface area contributed by atoms with Crippen LogP contribution in [0.3, 0.4) is 0 Å². The highest BCUT2D eigenvalue weighted by molar-refractivity contribution is 5.81. The van der Waals surface area contributed by atoms with Gasteiger partial charge >= 0.3 is 0 Å². The number of nitrogens with two attached hydrogens (primary N) is 1. The van der Waals surface area contributed by atoms with Crippen molar-refractivity contribution >= 4 is 5.91 Å². The fraction of sp³-hybridized carbons (Fsp3) is 0.545. The highest BCUT2D eigenvalue weighted by atomic mass is 16.2. The van der Waals surface area contributed by atoms with E-state index in [9.17, 15) is 4.79 Å². The van der Waals surface area contributed by atoms with E-state index in [-0.39, 0.29) is 5.91 Å². The molecule has 2 aromatic rings. The van der Waals surface area contributed by atoms with Crippen LogP contribution in [-0.4, -0.2) is 28.0 Å². The standard InChI is InChI=1S/C22H32N4O/c1-17(2)12-22(9-6-10-22)15-24-21(27)20(23)11-19-14-26(16-25-19)13-18-7-4-3-5-8-18/h3-5,7-8,14,16-17,20H,6,9-13,15,23H2,1-2H3,(H,24,27)/t20-/m0/s1. The van der Waals surface area contributed by atoms with E-state index in [1.54, 1.807) is 6.33 Å². The largest absolute Gasteiger partial charge is 0.354 e. The molecule has 0 radical (unpaired) electrons. The van der Waals surface area contributed by atoms with Gasteiger partial charge < -0.3 is 15.6 Å². The number of nitrogens with zero attached hydrogens (tertiary/aromatic N) is 2. The predicted octanol–water partition coefficient (Wildman–Crippen LogP) is 3.13. The number of benzene rings is 1. The second kappa shape index (κ2) is 8.70. The molecule has 0 spiro atoms. The first-order valence-corrected chi connectivity index (χ1v) is 10.0. The minimum Gasteiger partial charge on any atom is -0.354 e. The summed E-state index contributed by atoms with van der Waals surface area (Å²) in [6, 6.07) is 9.69. The van der Waals surface area contributed by atoms with E-state index >= 15 is 0 Å². The average Bonchev–Trinajstić information content (AvgIpc) is 3.04. The molecule has 3 N–H and O–H groups in total. The SMILES string of the molecule is CC(C)CC1(CNC(=O)[C@@H](N)Cc2cn(Cc3ccccc3)cn2)CCC1. The fourth-order valence-corrected chi connectivity index (χ4v) is 4.11. The molecule has 0 aliphatic heterocycles. The number of hydrogen-bond acceptors (Lipinski definition) is 3. The Kier molecular flexibility index (Phi) is 6.32. The van der Waals surface area contributed by atoms with Crippen molar-refractivity contribution in [2.24, 2.45) is 17.1 Å². The van der Waals surface area contributed by atoms with Crippen molar-refractivity contribution in [3.05, 3.63) is 54.1 Å². The Labute approximate surface area is 162 Å². The van der Waals surface area contributed by atoms with Crippen LogP contribution in [0.4, 0.5) is 0 Å². The molecule has 1 heterocycles. The zero-order valence-corrected chi connectivity index (χ0v) is 16.5. The third kappa shape index (κ3) is 5.42. The van der Waals surface area contributed by atoms with Crippen molar-refractivity contribution in [3.8, 4) is 0 Å². The van der Waals surface area contributed by atoms with Crippen LogP contribution in [0, 0.1) is 11.3 Å². The van der Waals surface area contributed by atoms with Crippen LogP contribution in [0.15, 0.2) is 42.9 Å². The summed E-state index contributed by atoms with van der Waals surface area (Å²) < 4.78 is 2.03. The van der Waals surface area contributed by atoms with Gasteiger partial charge in [-0.1, -0.05) is 50.6 Å². The summed E-state index contributed by atoms with van der Waals surface area (Å²) in [6.45, 7) is 6.02. The lowest BCUT2D eigenvalue weighted by molar-refractivity contribution is -0.123. The number of rotatable bonds is 9. The van der Waals surface area contributed by atoms with Gasteiger partial charge in [0.15, 0.2) is 0 Å². The second-order valence-corrected chi connectivity index (χ2v) is 8.50. The monoisotopic (exact) mass is 368 g/mol. The number of amides is 1. The summed E-state index contributed by atoms with van der Waals surface area (Å²) in [5.74, 6) is 0.590. The molecule has 1 aromatic carbocycles. The lowest BCUT2D eigenvalue weighted by Gasteiger charge is -2.43. The second-order valence-electron chi connectivity index (χ2n) is 8.50. The highest BCUT2D eigenvalue weighted by Gasteiger charge is 2.37. The molecule has 5 nitrogen and oxygen atoms in total. The minimum absolute atomic E-state index is 0.0670. The summed E-state index contributed by atoms with van der Waals surface area (Å²) in [6.07, 6.45) is 9.12. The van der Waals surface area contributed by atoms with Gasteiger partial charge in [-0.25, -0.2) is 4.98 Å². The molecule has 1 aromatic heterocycles. The summed E-state index contributed by atoms with van der Waals surface area (Å²) in [7, 11) is 0. The molecule has 27 heavy (non-hydrogen) atoms. The van der Waals surface area contributed by atoms with Crippen molar-refractivity contribution in [2.75, 3.05) is 6.54 Å². The van der Waals surface area contributed by atoms with Crippen molar-refractivity contribution in [1.29, 1.82) is 0 Å². The molecule has 146 valence electrons. The molecule has 1 aliphatic rings. The quantitative estimate of drug-likeness (QED) is 0.714. The molecule has 0 unspecified atom stereocenters. The Morgan fingerprint density at radius 2 is 2.04 bits per heavy atom. The maximum Gasteiger partial charge on any atom is 0.237 e. The molecular weight excluding hydrogens is 336 g/mol. The normalized spacial score (nSPS) is 16.7.